The van der Waals surface area contributed by atoms with Crippen LogP contribution in [0.15, 0.2) is 72.8 Å². The number of rotatable bonds is 2. The molecule has 0 fully saturated rings. The zero-order chi connectivity index (χ0) is 15.1. The van der Waals surface area contributed by atoms with Gasteiger partial charge in [-0.25, -0.2) is 0 Å². The molecule has 1 aliphatic carbocycles. The van der Waals surface area contributed by atoms with Crippen molar-refractivity contribution in [3.8, 4) is 0 Å². The Bertz CT molecular complexity index is 603. The third-order valence-corrected chi connectivity index (χ3v) is 3.75. The zero-order valence-electron chi connectivity index (χ0n) is 13.2. The summed E-state index contributed by atoms with van der Waals surface area (Å²) in [4.78, 5) is 0. The average Bonchev–Trinajstić information content (AvgIpc) is 2.59. The standard InChI is InChI=1S/C19H18.C2H6/c1-15-12-13-18(16-8-4-2-5-9-16)14-19(15)17-10-6-3-7-11-17;1-2/h2-11,13-15H,12H2,1H3;1-2H3. The van der Waals surface area contributed by atoms with Crippen molar-refractivity contribution in [2.75, 3.05) is 0 Å². The quantitative estimate of drug-likeness (QED) is 0.611. The van der Waals surface area contributed by atoms with E-state index in [1.54, 1.807) is 0 Å². The van der Waals surface area contributed by atoms with Crippen molar-refractivity contribution in [1.29, 1.82) is 0 Å². The van der Waals surface area contributed by atoms with E-state index in [2.05, 4.69) is 79.7 Å². The number of benzene rings is 2. The van der Waals surface area contributed by atoms with Crippen molar-refractivity contribution in [1.82, 2.24) is 0 Å². The summed E-state index contributed by atoms with van der Waals surface area (Å²) in [5.41, 5.74) is 5.44. The molecule has 0 nitrogen and oxygen atoms in total. The smallest absolute Gasteiger partial charge is 0.0149 e. The van der Waals surface area contributed by atoms with Crippen LogP contribution >= 0.6 is 0 Å². The lowest BCUT2D eigenvalue weighted by atomic mass is 9.84. The van der Waals surface area contributed by atoms with E-state index >= 15 is 0 Å². The van der Waals surface area contributed by atoms with Gasteiger partial charge < -0.3 is 0 Å². The molecular weight excluding hydrogens is 252 g/mol. The van der Waals surface area contributed by atoms with Crippen molar-refractivity contribution in [3.63, 3.8) is 0 Å². The van der Waals surface area contributed by atoms with Crippen molar-refractivity contribution in [3.05, 3.63) is 83.9 Å². The van der Waals surface area contributed by atoms with Crippen LogP contribution in [0.25, 0.3) is 11.1 Å². The molecule has 0 amide bonds. The minimum atomic E-state index is 0.592. The van der Waals surface area contributed by atoms with E-state index in [1.165, 1.54) is 22.3 Å². The maximum absolute atomic E-state index is 2.35. The Hall–Kier alpha value is -2.08. The minimum Gasteiger partial charge on any atom is -0.0761 e. The first-order valence-electron chi connectivity index (χ1n) is 7.87. The van der Waals surface area contributed by atoms with Gasteiger partial charge in [0.15, 0.2) is 0 Å². The Morgan fingerprint density at radius 1 is 0.762 bits per heavy atom. The van der Waals surface area contributed by atoms with E-state index < -0.39 is 0 Å². The lowest BCUT2D eigenvalue weighted by Gasteiger charge is -2.21. The minimum absolute atomic E-state index is 0.592. The van der Waals surface area contributed by atoms with Gasteiger partial charge in [-0.05, 0) is 34.6 Å². The van der Waals surface area contributed by atoms with Crippen LogP contribution in [0.5, 0.6) is 0 Å². The highest BCUT2D eigenvalue weighted by atomic mass is 14.2. The first-order valence-corrected chi connectivity index (χ1v) is 7.87. The van der Waals surface area contributed by atoms with Crippen LogP contribution in [-0.2, 0) is 0 Å². The third-order valence-electron chi connectivity index (χ3n) is 3.75. The molecule has 0 saturated carbocycles. The van der Waals surface area contributed by atoms with Crippen LogP contribution in [0.3, 0.4) is 0 Å². The van der Waals surface area contributed by atoms with Gasteiger partial charge in [0.1, 0.15) is 0 Å². The molecule has 21 heavy (non-hydrogen) atoms. The van der Waals surface area contributed by atoms with Gasteiger partial charge in [0, 0.05) is 0 Å². The molecule has 2 aromatic carbocycles. The molecule has 1 unspecified atom stereocenters. The zero-order valence-corrected chi connectivity index (χ0v) is 13.2. The summed E-state index contributed by atoms with van der Waals surface area (Å²) < 4.78 is 0. The van der Waals surface area contributed by atoms with Crippen molar-refractivity contribution < 1.29 is 0 Å². The van der Waals surface area contributed by atoms with Crippen LogP contribution in [-0.4, -0.2) is 0 Å². The molecule has 0 heterocycles. The summed E-state index contributed by atoms with van der Waals surface area (Å²) in [6, 6.07) is 21.3. The summed E-state index contributed by atoms with van der Waals surface area (Å²) in [6.45, 7) is 6.30. The summed E-state index contributed by atoms with van der Waals surface area (Å²) in [6.07, 6.45) is 5.82. The predicted octanol–water partition coefficient (Wildman–Crippen LogP) is 6.22. The molecule has 1 aliphatic rings. The maximum atomic E-state index is 2.35. The van der Waals surface area contributed by atoms with E-state index in [-0.39, 0.29) is 0 Å². The molecule has 0 saturated heterocycles. The molecule has 0 aromatic heterocycles. The Labute approximate surface area is 128 Å². The summed E-state index contributed by atoms with van der Waals surface area (Å²) >= 11 is 0. The van der Waals surface area contributed by atoms with E-state index in [0.29, 0.717) is 5.92 Å². The van der Waals surface area contributed by atoms with Gasteiger partial charge in [0.25, 0.3) is 0 Å². The molecule has 0 bridgehead atoms. The molecule has 0 heteroatoms. The van der Waals surface area contributed by atoms with Gasteiger partial charge in [-0.3, -0.25) is 0 Å². The highest BCUT2D eigenvalue weighted by Crippen LogP contribution is 2.34. The number of allylic oxidation sites excluding steroid dienone is 4. The van der Waals surface area contributed by atoms with Crippen molar-refractivity contribution >= 4 is 11.1 Å². The topological polar surface area (TPSA) is 0 Å². The number of hydrogen-bond donors (Lipinski definition) is 0. The van der Waals surface area contributed by atoms with Gasteiger partial charge >= 0.3 is 0 Å². The summed E-state index contributed by atoms with van der Waals surface area (Å²) in [7, 11) is 0. The molecule has 0 aliphatic heterocycles. The average molecular weight is 276 g/mol. The van der Waals surface area contributed by atoms with Crippen LogP contribution in [0.2, 0.25) is 0 Å². The molecule has 3 rings (SSSR count). The maximum Gasteiger partial charge on any atom is -0.0149 e. The van der Waals surface area contributed by atoms with Crippen molar-refractivity contribution in [2.24, 2.45) is 5.92 Å². The van der Waals surface area contributed by atoms with E-state index in [0.717, 1.165) is 6.42 Å². The SMILES string of the molecule is CC.CC1CC=C(c2ccccc2)C=C1c1ccccc1. The fourth-order valence-electron chi connectivity index (χ4n) is 2.63. The Morgan fingerprint density at radius 3 is 1.86 bits per heavy atom. The fourth-order valence-corrected chi connectivity index (χ4v) is 2.63. The van der Waals surface area contributed by atoms with Gasteiger partial charge in [0.05, 0.1) is 0 Å². The van der Waals surface area contributed by atoms with Gasteiger partial charge in [-0.1, -0.05) is 93.6 Å². The van der Waals surface area contributed by atoms with E-state index in [1.807, 2.05) is 13.8 Å². The Balaban J connectivity index is 0.000000774. The van der Waals surface area contributed by atoms with Crippen LogP contribution in [0.4, 0.5) is 0 Å². The third kappa shape index (κ3) is 3.72. The second kappa shape index (κ2) is 7.64. The predicted molar refractivity (Wildman–Crippen MR) is 94.0 cm³/mol. The first-order chi connectivity index (χ1) is 10.3. The molecule has 0 radical (unpaired) electrons. The highest BCUT2D eigenvalue weighted by molar-refractivity contribution is 5.86. The molecule has 0 N–H and O–H groups in total. The molecule has 2 aromatic rings. The fraction of sp³-hybridized carbons (Fsp3) is 0.238. The Morgan fingerprint density at radius 2 is 1.29 bits per heavy atom. The van der Waals surface area contributed by atoms with Crippen LogP contribution < -0.4 is 0 Å². The molecular formula is C21H24. The number of hydrogen-bond acceptors (Lipinski definition) is 0. The second-order valence-electron chi connectivity index (χ2n) is 5.13. The van der Waals surface area contributed by atoms with E-state index in [9.17, 15) is 0 Å². The lowest BCUT2D eigenvalue weighted by Crippen LogP contribution is -2.03. The largest absolute Gasteiger partial charge is 0.0761 e. The van der Waals surface area contributed by atoms with E-state index in [4.69, 9.17) is 0 Å². The highest BCUT2D eigenvalue weighted by Gasteiger charge is 2.15. The second-order valence-corrected chi connectivity index (χ2v) is 5.13. The van der Waals surface area contributed by atoms with Gasteiger partial charge in [-0.2, -0.15) is 0 Å². The lowest BCUT2D eigenvalue weighted by molar-refractivity contribution is 0.761. The van der Waals surface area contributed by atoms with Crippen LogP contribution in [0, 0.1) is 5.92 Å². The Kier molecular flexibility index (Phi) is 5.57. The van der Waals surface area contributed by atoms with Crippen LogP contribution in [0.1, 0.15) is 38.3 Å². The van der Waals surface area contributed by atoms with Crippen molar-refractivity contribution in [2.45, 2.75) is 27.2 Å². The molecule has 0 spiro atoms. The molecule has 108 valence electrons. The van der Waals surface area contributed by atoms with Gasteiger partial charge in [-0.15, -0.1) is 0 Å². The molecule has 1 atom stereocenters. The first kappa shape index (κ1) is 15.3. The van der Waals surface area contributed by atoms with Gasteiger partial charge in [0.2, 0.25) is 0 Å². The monoisotopic (exact) mass is 276 g/mol. The summed E-state index contributed by atoms with van der Waals surface area (Å²) in [5, 5.41) is 0. The summed E-state index contributed by atoms with van der Waals surface area (Å²) in [5.74, 6) is 0.592. The normalized spacial score (nSPS) is 17.2.